The first-order valence-corrected chi connectivity index (χ1v) is 9.40. The van der Waals surface area contributed by atoms with Gasteiger partial charge in [-0.15, -0.1) is 0 Å². The first-order chi connectivity index (χ1) is 13.1. The van der Waals surface area contributed by atoms with E-state index >= 15 is 0 Å². The molecule has 0 aromatic rings. The van der Waals surface area contributed by atoms with E-state index in [9.17, 15) is 35.4 Å². The SMILES string of the molecule is CCC(C)C(C)OC(=O)C1C=C(O)C=CC1(O)[C@@H]1O[C@H](CO)[C@@H](O)[C@H](O)[C@H]1O. The molecule has 9 atom stereocenters. The van der Waals surface area contributed by atoms with Gasteiger partial charge in [0, 0.05) is 0 Å². The lowest BCUT2D eigenvalue weighted by Crippen LogP contribution is -2.67. The molecule has 0 aromatic carbocycles. The highest BCUT2D eigenvalue weighted by molar-refractivity contribution is 5.78. The molecule has 1 aliphatic heterocycles. The third kappa shape index (κ3) is 4.24. The average Bonchev–Trinajstić information content (AvgIpc) is 2.67. The van der Waals surface area contributed by atoms with E-state index in [-0.39, 0.29) is 11.7 Å². The number of rotatable bonds is 6. The topological polar surface area (TPSA) is 157 Å². The van der Waals surface area contributed by atoms with Crippen LogP contribution in [0.3, 0.4) is 0 Å². The summed E-state index contributed by atoms with van der Waals surface area (Å²) in [6.07, 6.45) is -4.32. The van der Waals surface area contributed by atoms with Crippen molar-refractivity contribution in [3.05, 3.63) is 24.0 Å². The van der Waals surface area contributed by atoms with Gasteiger partial charge in [0.2, 0.25) is 0 Å². The molecule has 6 N–H and O–H groups in total. The standard InChI is InChI=1S/C19H30O9/c1-4-9(2)10(3)27-18(25)12-7-11(21)5-6-19(12,26)17-16(24)15(23)14(22)13(8-20)28-17/h5-7,9-10,12-17,20-24,26H,4,8H2,1-3H3/t9?,10?,12?,13-,14-,15+,16-,17-,19?/m1/s1. The van der Waals surface area contributed by atoms with Crippen LogP contribution in [0.1, 0.15) is 27.2 Å². The second-order valence-corrected chi connectivity index (χ2v) is 7.57. The molecule has 0 bridgehead atoms. The van der Waals surface area contributed by atoms with E-state index < -0.39 is 60.7 Å². The van der Waals surface area contributed by atoms with Gasteiger partial charge in [0.25, 0.3) is 0 Å². The second-order valence-electron chi connectivity index (χ2n) is 7.57. The summed E-state index contributed by atoms with van der Waals surface area (Å²) in [7, 11) is 0. The van der Waals surface area contributed by atoms with Crippen LogP contribution in [-0.2, 0) is 14.3 Å². The van der Waals surface area contributed by atoms with E-state index in [1.165, 1.54) is 0 Å². The van der Waals surface area contributed by atoms with Crippen LogP contribution in [0.25, 0.3) is 0 Å². The summed E-state index contributed by atoms with van der Waals surface area (Å²) < 4.78 is 10.9. The summed E-state index contributed by atoms with van der Waals surface area (Å²) in [6, 6.07) is 0. The predicted molar refractivity (Wildman–Crippen MR) is 97.1 cm³/mol. The van der Waals surface area contributed by atoms with Crippen molar-refractivity contribution in [3.63, 3.8) is 0 Å². The molecule has 4 unspecified atom stereocenters. The number of aliphatic hydroxyl groups is 6. The molecule has 160 valence electrons. The number of hydrogen-bond donors (Lipinski definition) is 6. The molecule has 0 radical (unpaired) electrons. The number of carbonyl (C=O) groups is 1. The van der Waals surface area contributed by atoms with Crippen molar-refractivity contribution in [2.75, 3.05) is 6.61 Å². The molecule has 0 spiro atoms. The van der Waals surface area contributed by atoms with Crippen LogP contribution in [0.5, 0.6) is 0 Å². The summed E-state index contributed by atoms with van der Waals surface area (Å²) >= 11 is 0. The lowest BCUT2D eigenvalue weighted by Gasteiger charge is -2.48. The maximum absolute atomic E-state index is 12.8. The fourth-order valence-electron chi connectivity index (χ4n) is 3.40. The van der Waals surface area contributed by atoms with Gasteiger partial charge in [-0.05, 0) is 31.1 Å². The average molecular weight is 402 g/mol. The van der Waals surface area contributed by atoms with E-state index in [2.05, 4.69) is 0 Å². The number of carbonyl (C=O) groups excluding carboxylic acids is 1. The Balaban J connectivity index is 2.33. The maximum atomic E-state index is 12.8. The largest absolute Gasteiger partial charge is 0.508 e. The summed E-state index contributed by atoms with van der Waals surface area (Å²) in [6.45, 7) is 4.87. The van der Waals surface area contributed by atoms with Crippen LogP contribution in [0.2, 0.25) is 0 Å². The Morgan fingerprint density at radius 3 is 2.46 bits per heavy atom. The predicted octanol–water partition coefficient (Wildman–Crippen LogP) is -0.834. The molecule has 0 saturated carbocycles. The molecule has 2 aliphatic rings. The van der Waals surface area contributed by atoms with Gasteiger partial charge in [0.15, 0.2) is 0 Å². The Kier molecular flexibility index (Phi) is 7.24. The normalized spacial score (nSPS) is 40.5. The smallest absolute Gasteiger partial charge is 0.316 e. The third-order valence-electron chi connectivity index (χ3n) is 5.71. The van der Waals surface area contributed by atoms with Crippen LogP contribution < -0.4 is 0 Å². The summed E-state index contributed by atoms with van der Waals surface area (Å²) in [5.74, 6) is -2.51. The molecule has 1 aliphatic carbocycles. The molecular formula is C19H30O9. The van der Waals surface area contributed by atoms with E-state index in [0.717, 1.165) is 24.6 Å². The highest BCUT2D eigenvalue weighted by atomic mass is 16.6. The number of hydrogen-bond acceptors (Lipinski definition) is 9. The van der Waals surface area contributed by atoms with Crippen LogP contribution >= 0.6 is 0 Å². The molecule has 1 saturated heterocycles. The number of ether oxygens (including phenoxy) is 2. The number of esters is 1. The second kappa shape index (κ2) is 8.89. The minimum absolute atomic E-state index is 0.0565. The van der Waals surface area contributed by atoms with Gasteiger partial charge in [0.05, 0.1) is 6.61 Å². The molecule has 0 aromatic heterocycles. The summed E-state index contributed by atoms with van der Waals surface area (Å²) in [4.78, 5) is 12.8. The zero-order valence-corrected chi connectivity index (χ0v) is 16.2. The maximum Gasteiger partial charge on any atom is 0.316 e. The van der Waals surface area contributed by atoms with Gasteiger partial charge in [0.1, 0.15) is 53.9 Å². The minimum Gasteiger partial charge on any atom is -0.508 e. The van der Waals surface area contributed by atoms with Crippen LogP contribution in [0.15, 0.2) is 24.0 Å². The van der Waals surface area contributed by atoms with Crippen molar-refractivity contribution in [3.8, 4) is 0 Å². The molecule has 1 heterocycles. The Labute approximate surface area is 163 Å². The first-order valence-electron chi connectivity index (χ1n) is 9.40. The Hall–Kier alpha value is -1.49. The van der Waals surface area contributed by atoms with Gasteiger partial charge in [-0.25, -0.2) is 0 Å². The molecule has 28 heavy (non-hydrogen) atoms. The molecule has 9 heteroatoms. The molecular weight excluding hydrogens is 372 g/mol. The molecule has 0 amide bonds. The van der Waals surface area contributed by atoms with Crippen molar-refractivity contribution in [1.29, 1.82) is 0 Å². The highest BCUT2D eigenvalue weighted by Crippen LogP contribution is 2.38. The lowest BCUT2D eigenvalue weighted by atomic mass is 9.74. The first kappa shape index (κ1) is 22.8. The Bertz CT molecular complexity index is 617. The Morgan fingerprint density at radius 1 is 1.25 bits per heavy atom. The molecule has 9 nitrogen and oxygen atoms in total. The fourth-order valence-corrected chi connectivity index (χ4v) is 3.40. The van der Waals surface area contributed by atoms with E-state index in [4.69, 9.17) is 9.47 Å². The zero-order chi connectivity index (χ0) is 21.2. The van der Waals surface area contributed by atoms with Crippen molar-refractivity contribution < 1.29 is 44.9 Å². The monoisotopic (exact) mass is 402 g/mol. The third-order valence-corrected chi connectivity index (χ3v) is 5.71. The number of aliphatic hydroxyl groups excluding tert-OH is 5. The van der Waals surface area contributed by atoms with Gasteiger partial charge in [-0.2, -0.15) is 0 Å². The van der Waals surface area contributed by atoms with Crippen molar-refractivity contribution in [1.82, 2.24) is 0 Å². The lowest BCUT2D eigenvalue weighted by molar-refractivity contribution is -0.267. The van der Waals surface area contributed by atoms with E-state index in [1.807, 2.05) is 13.8 Å². The summed E-state index contributed by atoms with van der Waals surface area (Å²) in [5.41, 5.74) is -2.19. The minimum atomic E-state index is -2.19. The Morgan fingerprint density at radius 2 is 1.89 bits per heavy atom. The van der Waals surface area contributed by atoms with Gasteiger partial charge >= 0.3 is 5.97 Å². The van der Waals surface area contributed by atoms with Crippen LogP contribution in [0.4, 0.5) is 0 Å². The van der Waals surface area contributed by atoms with Gasteiger partial charge in [-0.3, -0.25) is 4.79 Å². The van der Waals surface area contributed by atoms with E-state index in [1.54, 1.807) is 6.92 Å². The van der Waals surface area contributed by atoms with E-state index in [0.29, 0.717) is 0 Å². The van der Waals surface area contributed by atoms with Crippen molar-refractivity contribution in [2.24, 2.45) is 11.8 Å². The van der Waals surface area contributed by atoms with Gasteiger partial charge < -0.3 is 40.1 Å². The zero-order valence-electron chi connectivity index (χ0n) is 16.2. The fraction of sp³-hybridized carbons (Fsp3) is 0.737. The van der Waals surface area contributed by atoms with Crippen LogP contribution in [-0.4, -0.2) is 85.4 Å². The quantitative estimate of drug-likeness (QED) is 0.312. The highest BCUT2D eigenvalue weighted by Gasteiger charge is 2.56. The van der Waals surface area contributed by atoms with Crippen molar-refractivity contribution >= 4 is 5.97 Å². The van der Waals surface area contributed by atoms with Crippen molar-refractivity contribution in [2.45, 2.75) is 69.4 Å². The molecule has 1 fully saturated rings. The number of allylic oxidation sites excluding steroid dienone is 1. The summed E-state index contributed by atoms with van der Waals surface area (Å²) in [5, 5.41) is 60.8. The van der Waals surface area contributed by atoms with Crippen LogP contribution in [0, 0.1) is 11.8 Å². The molecule has 2 rings (SSSR count). The van der Waals surface area contributed by atoms with Gasteiger partial charge in [-0.1, -0.05) is 20.3 Å².